The molecule has 1 aliphatic heterocycles. The van der Waals surface area contributed by atoms with Gasteiger partial charge in [-0.25, -0.2) is 9.59 Å². The monoisotopic (exact) mass is 464 g/mol. The third-order valence-electron chi connectivity index (χ3n) is 6.97. The molecule has 2 aromatic rings. The maximum absolute atomic E-state index is 13.0. The summed E-state index contributed by atoms with van der Waals surface area (Å²) in [6, 6.07) is 15.4. The van der Waals surface area contributed by atoms with Crippen LogP contribution in [0.5, 0.6) is 0 Å². The molecular weight excluding hydrogens is 432 g/mol. The van der Waals surface area contributed by atoms with E-state index in [4.69, 9.17) is 4.74 Å². The van der Waals surface area contributed by atoms with Gasteiger partial charge < -0.3 is 20.1 Å². The molecule has 7 heteroatoms. The standard InChI is InChI=1S/C27H32N2O5/c1-4-9-17(24(30)29-16-27(2,3)23(29)25(31)32)14-28-26(33)34-15-22-20-12-7-5-10-18(20)19-11-6-8-13-21(19)22/h5-8,10-13,17,22-23H,4,9,14-16H2,1-3H3,(H,28,33)(H,31,32). The highest BCUT2D eigenvalue weighted by Gasteiger charge is 2.53. The Labute approximate surface area is 200 Å². The van der Waals surface area contributed by atoms with Gasteiger partial charge in [-0.05, 0) is 28.7 Å². The van der Waals surface area contributed by atoms with Crippen molar-refractivity contribution in [1.29, 1.82) is 0 Å². The van der Waals surface area contributed by atoms with Crippen molar-refractivity contribution in [2.24, 2.45) is 11.3 Å². The summed E-state index contributed by atoms with van der Waals surface area (Å²) >= 11 is 0. The van der Waals surface area contributed by atoms with E-state index in [1.807, 2.05) is 45.0 Å². The smallest absolute Gasteiger partial charge is 0.407 e. The average molecular weight is 465 g/mol. The number of hydrogen-bond donors (Lipinski definition) is 2. The number of hydrogen-bond acceptors (Lipinski definition) is 4. The van der Waals surface area contributed by atoms with Crippen LogP contribution in [0.25, 0.3) is 11.1 Å². The van der Waals surface area contributed by atoms with Gasteiger partial charge in [-0.15, -0.1) is 0 Å². The Morgan fingerprint density at radius 3 is 2.21 bits per heavy atom. The molecular formula is C27H32N2O5. The largest absolute Gasteiger partial charge is 0.480 e. The summed E-state index contributed by atoms with van der Waals surface area (Å²) in [6.45, 7) is 6.37. The second-order valence-electron chi connectivity index (χ2n) is 9.89. The van der Waals surface area contributed by atoms with Crippen LogP contribution in [0, 0.1) is 11.3 Å². The number of rotatable bonds is 8. The zero-order valence-electron chi connectivity index (χ0n) is 19.9. The van der Waals surface area contributed by atoms with Crippen LogP contribution in [0.2, 0.25) is 0 Å². The molecule has 0 radical (unpaired) electrons. The van der Waals surface area contributed by atoms with Gasteiger partial charge in [0.05, 0.1) is 5.92 Å². The van der Waals surface area contributed by atoms with Crippen LogP contribution in [-0.4, -0.2) is 53.7 Å². The number of carbonyl (C=O) groups excluding carboxylic acids is 2. The van der Waals surface area contributed by atoms with Crippen LogP contribution >= 0.6 is 0 Å². The summed E-state index contributed by atoms with van der Waals surface area (Å²) in [5, 5.41) is 12.3. The van der Waals surface area contributed by atoms with Crippen molar-refractivity contribution in [3.05, 3.63) is 59.7 Å². The number of nitrogens with one attached hydrogen (secondary N) is 1. The maximum Gasteiger partial charge on any atom is 0.407 e. The quantitative estimate of drug-likeness (QED) is 0.609. The number of aliphatic carboxylic acids is 1. The van der Waals surface area contributed by atoms with Crippen LogP contribution in [0.3, 0.4) is 0 Å². The molecule has 2 aliphatic rings. The van der Waals surface area contributed by atoms with Crippen LogP contribution in [0.4, 0.5) is 4.79 Å². The third-order valence-corrected chi connectivity index (χ3v) is 6.97. The Balaban J connectivity index is 1.36. The van der Waals surface area contributed by atoms with Crippen molar-refractivity contribution in [2.45, 2.75) is 45.6 Å². The molecule has 0 spiro atoms. The van der Waals surface area contributed by atoms with E-state index in [9.17, 15) is 19.5 Å². The molecule has 2 amide bonds. The number of likely N-dealkylation sites (tertiary alicyclic amines) is 1. The minimum atomic E-state index is -0.996. The van der Waals surface area contributed by atoms with E-state index in [-0.39, 0.29) is 25.0 Å². The second-order valence-corrected chi connectivity index (χ2v) is 9.89. The van der Waals surface area contributed by atoms with E-state index in [1.54, 1.807) is 0 Å². The zero-order valence-corrected chi connectivity index (χ0v) is 19.9. The normalized spacial score (nSPS) is 18.9. The summed E-state index contributed by atoms with van der Waals surface area (Å²) in [4.78, 5) is 38.7. The van der Waals surface area contributed by atoms with E-state index < -0.39 is 29.4 Å². The Kier molecular flexibility index (Phi) is 6.64. The van der Waals surface area contributed by atoms with Gasteiger partial charge in [-0.1, -0.05) is 75.7 Å². The van der Waals surface area contributed by atoms with Gasteiger partial charge in [0, 0.05) is 24.4 Å². The fourth-order valence-corrected chi connectivity index (χ4v) is 5.35. The van der Waals surface area contributed by atoms with Gasteiger partial charge >= 0.3 is 12.1 Å². The Hall–Kier alpha value is -3.35. The minimum Gasteiger partial charge on any atom is -0.480 e. The van der Waals surface area contributed by atoms with Gasteiger partial charge in [-0.3, -0.25) is 4.79 Å². The summed E-state index contributed by atoms with van der Waals surface area (Å²) in [6.07, 6.45) is 0.734. The van der Waals surface area contributed by atoms with Crippen molar-refractivity contribution >= 4 is 18.0 Å². The van der Waals surface area contributed by atoms with Gasteiger partial charge in [0.15, 0.2) is 0 Å². The highest BCUT2D eigenvalue weighted by Crippen LogP contribution is 2.44. The lowest BCUT2D eigenvalue weighted by Gasteiger charge is -2.52. The van der Waals surface area contributed by atoms with Crippen molar-refractivity contribution in [2.75, 3.05) is 19.7 Å². The highest BCUT2D eigenvalue weighted by atomic mass is 16.5. The predicted molar refractivity (Wildman–Crippen MR) is 128 cm³/mol. The van der Waals surface area contributed by atoms with Gasteiger partial charge in [-0.2, -0.15) is 0 Å². The molecule has 1 fully saturated rings. The molecule has 0 saturated carbocycles. The Morgan fingerprint density at radius 1 is 1.09 bits per heavy atom. The van der Waals surface area contributed by atoms with Crippen molar-refractivity contribution in [1.82, 2.24) is 10.2 Å². The maximum atomic E-state index is 13.0. The molecule has 7 nitrogen and oxygen atoms in total. The Morgan fingerprint density at radius 2 is 1.68 bits per heavy atom. The first-order chi connectivity index (χ1) is 16.2. The number of carboxylic acid groups (broad SMARTS) is 1. The number of ether oxygens (including phenoxy) is 1. The first-order valence-corrected chi connectivity index (χ1v) is 11.9. The third kappa shape index (κ3) is 4.39. The lowest BCUT2D eigenvalue weighted by atomic mass is 9.74. The zero-order chi connectivity index (χ0) is 24.5. The number of carboxylic acids is 1. The fraction of sp³-hybridized carbons (Fsp3) is 0.444. The van der Waals surface area contributed by atoms with Crippen LogP contribution in [-0.2, 0) is 14.3 Å². The van der Waals surface area contributed by atoms with Crippen LogP contribution < -0.4 is 5.32 Å². The minimum absolute atomic E-state index is 0.0362. The molecule has 2 aromatic carbocycles. The molecule has 4 rings (SSSR count). The fourth-order valence-electron chi connectivity index (χ4n) is 5.35. The molecule has 2 unspecified atom stereocenters. The molecule has 2 N–H and O–H groups in total. The number of alkyl carbamates (subject to hydrolysis) is 1. The SMILES string of the molecule is CCCC(CNC(=O)OCC1c2ccccc2-c2ccccc21)C(=O)N1CC(C)(C)C1C(=O)O. The molecule has 1 saturated heterocycles. The summed E-state index contributed by atoms with van der Waals surface area (Å²) in [5.41, 5.74) is 4.13. The van der Waals surface area contributed by atoms with Gasteiger partial charge in [0.1, 0.15) is 12.6 Å². The molecule has 0 aromatic heterocycles. The number of fused-ring (bicyclic) bond motifs is 3. The molecule has 1 aliphatic carbocycles. The summed E-state index contributed by atoms with van der Waals surface area (Å²) < 4.78 is 5.57. The highest BCUT2D eigenvalue weighted by molar-refractivity contribution is 5.88. The predicted octanol–water partition coefficient (Wildman–Crippen LogP) is 4.26. The summed E-state index contributed by atoms with van der Waals surface area (Å²) in [5.74, 6) is -1.74. The van der Waals surface area contributed by atoms with Crippen molar-refractivity contribution in [3.63, 3.8) is 0 Å². The van der Waals surface area contributed by atoms with E-state index in [0.29, 0.717) is 13.0 Å². The molecule has 34 heavy (non-hydrogen) atoms. The number of carbonyl (C=O) groups is 3. The second kappa shape index (κ2) is 9.49. The first-order valence-electron chi connectivity index (χ1n) is 11.9. The van der Waals surface area contributed by atoms with E-state index in [2.05, 4.69) is 29.6 Å². The first kappa shape index (κ1) is 23.8. The van der Waals surface area contributed by atoms with E-state index in [0.717, 1.165) is 28.7 Å². The Bertz CT molecular complexity index is 1050. The van der Waals surface area contributed by atoms with E-state index in [1.165, 1.54) is 4.90 Å². The molecule has 180 valence electrons. The van der Waals surface area contributed by atoms with Gasteiger partial charge in [0.2, 0.25) is 5.91 Å². The molecule has 2 atom stereocenters. The molecule has 1 heterocycles. The summed E-state index contributed by atoms with van der Waals surface area (Å²) in [7, 11) is 0. The van der Waals surface area contributed by atoms with E-state index >= 15 is 0 Å². The van der Waals surface area contributed by atoms with Crippen LogP contribution in [0.1, 0.15) is 50.7 Å². The lowest BCUT2D eigenvalue weighted by molar-refractivity contribution is -0.174. The lowest BCUT2D eigenvalue weighted by Crippen LogP contribution is -2.68. The topological polar surface area (TPSA) is 95.9 Å². The van der Waals surface area contributed by atoms with Gasteiger partial charge in [0.25, 0.3) is 0 Å². The number of nitrogens with zero attached hydrogens (tertiary/aromatic N) is 1. The molecule has 0 bridgehead atoms. The van der Waals surface area contributed by atoms with Crippen molar-refractivity contribution < 1.29 is 24.2 Å². The average Bonchev–Trinajstić information content (AvgIpc) is 3.12. The number of benzene rings is 2. The van der Waals surface area contributed by atoms with Crippen LogP contribution in [0.15, 0.2) is 48.5 Å². The number of amides is 2. The van der Waals surface area contributed by atoms with Crippen molar-refractivity contribution in [3.8, 4) is 11.1 Å².